The molecule has 7 nitrogen and oxygen atoms in total. The molecule has 1 fully saturated rings. The number of nitrogens with zero attached hydrogens (tertiary/aromatic N) is 1. The second-order valence-corrected chi connectivity index (χ2v) is 9.18. The van der Waals surface area contributed by atoms with Crippen molar-refractivity contribution < 1.29 is 31.1 Å². The Kier molecular flexibility index (Phi) is 8.26. The van der Waals surface area contributed by atoms with Gasteiger partial charge in [0.25, 0.3) is 0 Å². The standard InChI is InChI=1S/C19H28F3N3O4S/c1-13-11-25(12-14(2)29-13)10-6-9-23-18(26)15(3)24-30(27,28)17-8-5-4-7-16(17)19(20,21)22/h4-5,7-8,13-15,24H,6,9-12H2,1-3H3,(H,23,26)/t13?,14?,15-/m0/s1. The third-order valence-corrected chi connectivity index (χ3v) is 6.25. The van der Waals surface area contributed by atoms with Crippen LogP contribution in [0.5, 0.6) is 0 Å². The number of sulfonamides is 1. The first-order chi connectivity index (χ1) is 13.9. The van der Waals surface area contributed by atoms with Crippen molar-refractivity contribution in [3.63, 3.8) is 0 Å². The van der Waals surface area contributed by atoms with Crippen molar-refractivity contribution >= 4 is 15.9 Å². The molecule has 0 bridgehead atoms. The average Bonchev–Trinajstić information content (AvgIpc) is 2.63. The van der Waals surface area contributed by atoms with Crippen LogP contribution in [-0.4, -0.2) is 63.7 Å². The maximum Gasteiger partial charge on any atom is 0.417 e. The highest BCUT2D eigenvalue weighted by Gasteiger charge is 2.37. The second-order valence-electron chi connectivity index (χ2n) is 7.50. The highest BCUT2D eigenvalue weighted by Crippen LogP contribution is 2.33. The van der Waals surface area contributed by atoms with Crippen LogP contribution in [0.25, 0.3) is 0 Å². The molecule has 0 aliphatic carbocycles. The Labute approximate surface area is 175 Å². The Balaban J connectivity index is 1.87. The highest BCUT2D eigenvalue weighted by atomic mass is 32.2. The molecule has 0 saturated carbocycles. The maximum absolute atomic E-state index is 13.1. The Hall–Kier alpha value is -1.69. The van der Waals surface area contributed by atoms with E-state index in [9.17, 15) is 26.4 Å². The van der Waals surface area contributed by atoms with E-state index in [0.717, 1.165) is 31.8 Å². The molecule has 1 amide bonds. The van der Waals surface area contributed by atoms with Crippen LogP contribution in [0.4, 0.5) is 13.2 Å². The van der Waals surface area contributed by atoms with E-state index in [4.69, 9.17) is 4.74 Å². The van der Waals surface area contributed by atoms with Crippen molar-refractivity contribution in [3.05, 3.63) is 29.8 Å². The largest absolute Gasteiger partial charge is 0.417 e. The molecular formula is C19H28F3N3O4S. The van der Waals surface area contributed by atoms with Gasteiger partial charge in [-0.25, -0.2) is 8.42 Å². The molecule has 170 valence electrons. The summed E-state index contributed by atoms with van der Waals surface area (Å²) in [5, 5.41) is 2.62. The number of morpholine rings is 1. The van der Waals surface area contributed by atoms with Gasteiger partial charge in [0.05, 0.1) is 28.7 Å². The number of alkyl halides is 3. The number of hydrogen-bond acceptors (Lipinski definition) is 5. The lowest BCUT2D eigenvalue weighted by Crippen LogP contribution is -2.47. The molecule has 2 unspecified atom stereocenters. The predicted molar refractivity (Wildman–Crippen MR) is 105 cm³/mol. The number of ether oxygens (including phenoxy) is 1. The predicted octanol–water partition coefficient (Wildman–Crippen LogP) is 1.99. The number of benzene rings is 1. The van der Waals surface area contributed by atoms with Crippen molar-refractivity contribution in [1.29, 1.82) is 0 Å². The van der Waals surface area contributed by atoms with Crippen molar-refractivity contribution in [3.8, 4) is 0 Å². The number of halogens is 3. The Morgan fingerprint density at radius 3 is 2.43 bits per heavy atom. The van der Waals surface area contributed by atoms with Crippen molar-refractivity contribution in [2.24, 2.45) is 0 Å². The first-order valence-electron chi connectivity index (χ1n) is 9.74. The van der Waals surface area contributed by atoms with Gasteiger partial charge in [-0.2, -0.15) is 17.9 Å². The summed E-state index contributed by atoms with van der Waals surface area (Å²) in [6.07, 6.45) is -3.90. The minimum Gasteiger partial charge on any atom is -0.373 e. The summed E-state index contributed by atoms with van der Waals surface area (Å²) < 4.78 is 71.8. The van der Waals surface area contributed by atoms with Crippen molar-refractivity contribution in [1.82, 2.24) is 14.9 Å². The Morgan fingerprint density at radius 1 is 1.23 bits per heavy atom. The summed E-state index contributed by atoms with van der Waals surface area (Å²) >= 11 is 0. The lowest BCUT2D eigenvalue weighted by atomic mass is 10.2. The van der Waals surface area contributed by atoms with Gasteiger partial charge in [-0.05, 0) is 39.3 Å². The third kappa shape index (κ3) is 6.93. The lowest BCUT2D eigenvalue weighted by Gasteiger charge is -2.35. The van der Waals surface area contributed by atoms with Crippen molar-refractivity contribution in [2.75, 3.05) is 26.2 Å². The zero-order chi connectivity index (χ0) is 22.5. The topological polar surface area (TPSA) is 87.7 Å². The summed E-state index contributed by atoms with van der Waals surface area (Å²) in [5.41, 5.74) is -1.28. The van der Waals surface area contributed by atoms with E-state index >= 15 is 0 Å². The summed E-state index contributed by atoms with van der Waals surface area (Å²) in [6.45, 7) is 7.94. The number of rotatable bonds is 8. The average molecular weight is 452 g/mol. The molecule has 1 aromatic carbocycles. The summed E-state index contributed by atoms with van der Waals surface area (Å²) in [4.78, 5) is 13.5. The molecule has 0 aromatic heterocycles. The van der Waals surface area contributed by atoms with E-state index in [2.05, 4.69) is 10.2 Å². The molecule has 1 aliphatic heterocycles. The normalized spacial score (nSPS) is 21.9. The molecule has 2 N–H and O–H groups in total. The molecule has 1 aromatic rings. The van der Waals surface area contributed by atoms with E-state index in [-0.39, 0.29) is 12.2 Å². The fourth-order valence-corrected chi connectivity index (χ4v) is 4.85. The van der Waals surface area contributed by atoms with E-state index in [1.807, 2.05) is 18.6 Å². The summed E-state index contributed by atoms with van der Waals surface area (Å²) in [5.74, 6) is -0.605. The molecule has 30 heavy (non-hydrogen) atoms. The molecule has 1 saturated heterocycles. The zero-order valence-corrected chi connectivity index (χ0v) is 18.0. The van der Waals surface area contributed by atoms with Gasteiger partial charge in [0, 0.05) is 26.2 Å². The molecule has 1 aliphatic rings. The van der Waals surface area contributed by atoms with Crippen LogP contribution in [-0.2, 0) is 25.7 Å². The van der Waals surface area contributed by atoms with E-state index in [1.165, 1.54) is 13.0 Å². The summed E-state index contributed by atoms with van der Waals surface area (Å²) in [6, 6.07) is 2.63. The molecule has 2 rings (SSSR count). The van der Waals surface area contributed by atoms with E-state index < -0.39 is 38.6 Å². The molecule has 0 radical (unpaired) electrons. The molecule has 11 heteroatoms. The third-order valence-electron chi connectivity index (χ3n) is 4.65. The Bertz CT molecular complexity index is 823. The highest BCUT2D eigenvalue weighted by molar-refractivity contribution is 7.89. The fourth-order valence-electron chi connectivity index (χ4n) is 3.42. The minimum absolute atomic E-state index is 0.136. The first-order valence-corrected chi connectivity index (χ1v) is 11.2. The van der Waals surface area contributed by atoms with Crippen molar-refractivity contribution in [2.45, 2.75) is 56.5 Å². The number of carbonyl (C=O) groups is 1. The Morgan fingerprint density at radius 2 is 1.83 bits per heavy atom. The molecule has 1 heterocycles. The first kappa shape index (κ1) is 24.6. The molecular weight excluding hydrogens is 423 g/mol. The number of hydrogen-bond donors (Lipinski definition) is 2. The SMILES string of the molecule is CC1CN(CCCNC(=O)[C@H](C)NS(=O)(=O)c2ccccc2C(F)(F)F)CC(C)O1. The van der Waals surface area contributed by atoms with Crippen LogP contribution < -0.4 is 10.0 Å². The second kappa shape index (κ2) is 10.1. The smallest absolute Gasteiger partial charge is 0.373 e. The van der Waals surface area contributed by atoms with Crippen LogP contribution in [0.15, 0.2) is 29.2 Å². The van der Waals surface area contributed by atoms with Crippen LogP contribution in [0.1, 0.15) is 32.8 Å². The lowest BCUT2D eigenvalue weighted by molar-refractivity contribution is -0.139. The number of carbonyl (C=O) groups excluding carboxylic acids is 1. The maximum atomic E-state index is 13.1. The van der Waals surface area contributed by atoms with Crippen LogP contribution in [0.3, 0.4) is 0 Å². The van der Waals surface area contributed by atoms with Gasteiger partial charge in [0.2, 0.25) is 15.9 Å². The van der Waals surface area contributed by atoms with Gasteiger partial charge in [-0.15, -0.1) is 0 Å². The number of amides is 1. The zero-order valence-electron chi connectivity index (χ0n) is 17.2. The van der Waals surface area contributed by atoms with Gasteiger partial charge >= 0.3 is 6.18 Å². The van der Waals surface area contributed by atoms with E-state index in [0.29, 0.717) is 19.0 Å². The monoisotopic (exact) mass is 451 g/mol. The van der Waals surface area contributed by atoms with Gasteiger partial charge in [-0.3, -0.25) is 9.69 Å². The summed E-state index contributed by atoms with van der Waals surface area (Å²) in [7, 11) is -4.53. The van der Waals surface area contributed by atoms with Gasteiger partial charge < -0.3 is 10.1 Å². The molecule has 3 atom stereocenters. The molecule has 0 spiro atoms. The quantitative estimate of drug-likeness (QED) is 0.591. The van der Waals surface area contributed by atoms with Gasteiger partial charge in [0.15, 0.2) is 0 Å². The van der Waals surface area contributed by atoms with Gasteiger partial charge in [0.1, 0.15) is 0 Å². The minimum atomic E-state index is -4.83. The van der Waals surface area contributed by atoms with Crippen LogP contribution in [0, 0.1) is 0 Å². The number of nitrogens with one attached hydrogen (secondary N) is 2. The van der Waals surface area contributed by atoms with Crippen LogP contribution in [0.2, 0.25) is 0 Å². The van der Waals surface area contributed by atoms with Crippen LogP contribution >= 0.6 is 0 Å². The fraction of sp³-hybridized carbons (Fsp3) is 0.632. The van der Waals surface area contributed by atoms with Gasteiger partial charge in [-0.1, -0.05) is 12.1 Å². The van der Waals surface area contributed by atoms with E-state index in [1.54, 1.807) is 0 Å².